The van der Waals surface area contributed by atoms with Gasteiger partial charge in [-0.25, -0.2) is 0 Å². The SMILES string of the molecule is CC(=O)Nc1ccc(S(F)(F)(F)(F)F)c([N+](=O)[O-])c1[N+](=O)[O-]. The Bertz CT molecular complexity index is 704. The van der Waals surface area contributed by atoms with E-state index in [1.807, 2.05) is 0 Å². The van der Waals surface area contributed by atoms with Gasteiger partial charge in [0.1, 0.15) is 5.69 Å². The zero-order valence-electron chi connectivity index (χ0n) is 10.4. The summed E-state index contributed by atoms with van der Waals surface area (Å²) in [6.07, 6.45) is 0. The molecular formula is C8H6F5N3O5S. The second-order valence-electron chi connectivity index (χ2n) is 3.97. The molecule has 1 rings (SSSR count). The lowest BCUT2D eigenvalue weighted by atomic mass is 10.2. The van der Waals surface area contributed by atoms with Crippen molar-refractivity contribution in [3.63, 3.8) is 0 Å². The average molecular weight is 351 g/mol. The molecule has 1 aromatic carbocycles. The van der Waals surface area contributed by atoms with E-state index in [-0.39, 0.29) is 12.1 Å². The standard InChI is InChI=1S/C8H6F5N3O5S/c1-4(17)14-5-2-3-6(22(9,10,11,12)13)8(16(20)21)7(5)15(18)19/h2-3H,1H3,(H,14,17). The number of nitrogens with zero attached hydrogens (tertiary/aromatic N) is 2. The van der Waals surface area contributed by atoms with Gasteiger partial charge in [-0.05, 0) is 12.1 Å². The number of benzene rings is 1. The molecule has 0 saturated carbocycles. The molecule has 14 heteroatoms. The molecule has 0 bridgehead atoms. The van der Waals surface area contributed by atoms with Crippen LogP contribution in [0.1, 0.15) is 6.92 Å². The fourth-order valence-electron chi connectivity index (χ4n) is 1.52. The van der Waals surface area contributed by atoms with Crippen LogP contribution >= 0.6 is 10.2 Å². The van der Waals surface area contributed by atoms with E-state index in [4.69, 9.17) is 0 Å². The first-order valence-electron chi connectivity index (χ1n) is 5.02. The second kappa shape index (κ2) is 4.25. The topological polar surface area (TPSA) is 115 Å². The van der Waals surface area contributed by atoms with Crippen molar-refractivity contribution in [1.82, 2.24) is 0 Å². The van der Waals surface area contributed by atoms with Crippen molar-refractivity contribution in [2.45, 2.75) is 11.8 Å². The third-order valence-electron chi connectivity index (χ3n) is 2.21. The van der Waals surface area contributed by atoms with Gasteiger partial charge in [-0.1, -0.05) is 19.4 Å². The van der Waals surface area contributed by atoms with Crippen LogP contribution in [-0.2, 0) is 4.79 Å². The molecule has 124 valence electrons. The summed E-state index contributed by atoms with van der Waals surface area (Å²) in [6.45, 7) is 0.813. The normalized spacial score (nSPS) is 14.6. The number of hydrogen-bond donors (Lipinski definition) is 1. The summed E-state index contributed by atoms with van der Waals surface area (Å²) >= 11 is 0. The predicted octanol–water partition coefficient (Wildman–Crippen LogP) is 4.12. The Kier molecular flexibility index (Phi) is 3.39. The van der Waals surface area contributed by atoms with Crippen molar-refractivity contribution in [2.75, 3.05) is 5.32 Å². The zero-order chi connectivity index (χ0) is 17.6. The number of amides is 1. The number of anilines is 1. The molecule has 22 heavy (non-hydrogen) atoms. The molecule has 0 aliphatic carbocycles. The molecule has 0 aromatic heterocycles. The molecule has 0 atom stereocenters. The number of rotatable bonds is 4. The summed E-state index contributed by atoms with van der Waals surface area (Å²) in [4.78, 5) is 25.7. The van der Waals surface area contributed by atoms with Crippen LogP contribution in [0.25, 0.3) is 0 Å². The quantitative estimate of drug-likeness (QED) is 0.498. The van der Waals surface area contributed by atoms with E-state index in [2.05, 4.69) is 0 Å². The molecule has 0 aliphatic rings. The monoisotopic (exact) mass is 351 g/mol. The number of hydrogen-bond acceptors (Lipinski definition) is 5. The third-order valence-corrected chi connectivity index (χ3v) is 3.37. The van der Waals surface area contributed by atoms with Crippen LogP contribution in [0.15, 0.2) is 17.0 Å². The van der Waals surface area contributed by atoms with Crippen LogP contribution in [-0.4, -0.2) is 15.8 Å². The predicted molar refractivity (Wildman–Crippen MR) is 65.5 cm³/mol. The van der Waals surface area contributed by atoms with Crippen molar-refractivity contribution in [2.24, 2.45) is 0 Å². The number of carbonyl (C=O) groups excluding carboxylic acids is 1. The molecule has 0 aliphatic heterocycles. The molecule has 0 spiro atoms. The lowest BCUT2D eigenvalue weighted by Gasteiger charge is -2.39. The Morgan fingerprint density at radius 1 is 1.05 bits per heavy atom. The highest BCUT2D eigenvalue weighted by molar-refractivity contribution is 8.45. The van der Waals surface area contributed by atoms with Crippen LogP contribution in [0.3, 0.4) is 0 Å². The molecule has 0 fully saturated rings. The van der Waals surface area contributed by atoms with Gasteiger partial charge in [-0.2, -0.15) is 0 Å². The molecule has 1 aromatic rings. The first-order chi connectivity index (χ1) is 9.54. The van der Waals surface area contributed by atoms with Crippen LogP contribution < -0.4 is 5.32 Å². The van der Waals surface area contributed by atoms with Crippen LogP contribution in [0.2, 0.25) is 0 Å². The summed E-state index contributed by atoms with van der Waals surface area (Å²) in [5.41, 5.74) is -5.32. The van der Waals surface area contributed by atoms with Crippen LogP contribution in [0, 0.1) is 20.2 Å². The summed E-state index contributed by atoms with van der Waals surface area (Å²) in [6, 6.07) is -0.224. The van der Waals surface area contributed by atoms with Crippen molar-refractivity contribution >= 4 is 33.2 Å². The van der Waals surface area contributed by atoms with E-state index in [0.717, 1.165) is 6.92 Å². The average Bonchev–Trinajstić information content (AvgIpc) is 2.23. The Balaban J connectivity index is 3.95. The van der Waals surface area contributed by atoms with Gasteiger partial charge in [0.25, 0.3) is 0 Å². The molecular weight excluding hydrogens is 345 g/mol. The summed E-state index contributed by atoms with van der Waals surface area (Å²) < 4.78 is 64.0. The van der Waals surface area contributed by atoms with Crippen LogP contribution in [0.4, 0.5) is 36.5 Å². The molecule has 0 radical (unpaired) electrons. The highest BCUT2D eigenvalue weighted by Crippen LogP contribution is 3.03. The fraction of sp³-hybridized carbons (Fsp3) is 0.125. The van der Waals surface area contributed by atoms with Gasteiger partial charge < -0.3 is 5.32 Å². The van der Waals surface area contributed by atoms with Gasteiger partial charge in [0.05, 0.1) is 9.85 Å². The first kappa shape index (κ1) is 17.5. The highest BCUT2D eigenvalue weighted by Gasteiger charge is 2.70. The summed E-state index contributed by atoms with van der Waals surface area (Å²) in [5, 5.41) is 23.1. The largest absolute Gasteiger partial charge is 0.370 e. The maximum absolute atomic E-state index is 12.8. The molecule has 0 unspecified atom stereocenters. The number of nitro groups is 2. The number of halogens is 5. The van der Waals surface area contributed by atoms with Crippen molar-refractivity contribution in [3.8, 4) is 0 Å². The zero-order valence-corrected chi connectivity index (χ0v) is 11.2. The van der Waals surface area contributed by atoms with Crippen molar-refractivity contribution in [3.05, 3.63) is 32.4 Å². The second-order valence-corrected chi connectivity index (χ2v) is 6.35. The third kappa shape index (κ3) is 3.57. The Morgan fingerprint density at radius 3 is 1.82 bits per heavy atom. The smallest absolute Gasteiger partial charge is 0.320 e. The Hall–Kier alpha value is -2.51. The lowest BCUT2D eigenvalue weighted by Crippen LogP contribution is -2.14. The van der Waals surface area contributed by atoms with E-state index in [1.54, 1.807) is 5.32 Å². The van der Waals surface area contributed by atoms with E-state index in [0.29, 0.717) is 0 Å². The van der Waals surface area contributed by atoms with E-state index in [1.165, 1.54) is 0 Å². The molecule has 1 N–H and O–H groups in total. The van der Waals surface area contributed by atoms with Gasteiger partial charge in [-0.15, -0.1) is 0 Å². The molecule has 0 saturated heterocycles. The maximum atomic E-state index is 12.8. The summed E-state index contributed by atoms with van der Waals surface area (Å²) in [5.74, 6) is -1.00. The van der Waals surface area contributed by atoms with Gasteiger partial charge in [0.2, 0.25) is 5.91 Å². The van der Waals surface area contributed by atoms with Gasteiger partial charge >= 0.3 is 21.6 Å². The number of nitrogens with one attached hydrogen (secondary N) is 1. The lowest BCUT2D eigenvalue weighted by molar-refractivity contribution is -0.424. The highest BCUT2D eigenvalue weighted by atomic mass is 32.5. The van der Waals surface area contributed by atoms with E-state index in [9.17, 15) is 44.5 Å². The fourth-order valence-corrected chi connectivity index (χ4v) is 2.39. The molecule has 1 amide bonds. The van der Waals surface area contributed by atoms with Crippen molar-refractivity contribution in [1.29, 1.82) is 0 Å². The summed E-state index contributed by atoms with van der Waals surface area (Å²) in [7, 11) is -10.6. The maximum Gasteiger partial charge on any atom is 0.370 e. The minimum Gasteiger partial charge on any atom is -0.320 e. The van der Waals surface area contributed by atoms with E-state index >= 15 is 0 Å². The Labute approximate surface area is 117 Å². The molecule has 0 heterocycles. The van der Waals surface area contributed by atoms with E-state index < -0.39 is 47.9 Å². The minimum absolute atomic E-state index is 0.153. The van der Waals surface area contributed by atoms with Gasteiger partial charge in [0.15, 0.2) is 4.90 Å². The van der Waals surface area contributed by atoms with Gasteiger partial charge in [-0.3, -0.25) is 25.0 Å². The van der Waals surface area contributed by atoms with Crippen molar-refractivity contribution < 1.29 is 34.1 Å². The van der Waals surface area contributed by atoms with Crippen LogP contribution in [0.5, 0.6) is 0 Å². The number of carbonyl (C=O) groups is 1. The first-order valence-corrected chi connectivity index (χ1v) is 6.97. The number of nitro benzene ring substituents is 2. The Morgan fingerprint density at radius 2 is 1.50 bits per heavy atom. The molecule has 8 nitrogen and oxygen atoms in total. The van der Waals surface area contributed by atoms with Gasteiger partial charge in [0, 0.05) is 6.92 Å². The minimum atomic E-state index is -10.6.